The molecule has 1 unspecified atom stereocenters. The van der Waals surface area contributed by atoms with E-state index in [1.165, 1.54) is 11.3 Å². The van der Waals surface area contributed by atoms with E-state index in [0.29, 0.717) is 6.10 Å². The highest BCUT2D eigenvalue weighted by molar-refractivity contribution is 5.48. The molecule has 0 bridgehead atoms. The lowest BCUT2D eigenvalue weighted by molar-refractivity contribution is 0.0532. The van der Waals surface area contributed by atoms with Gasteiger partial charge in [0, 0.05) is 24.8 Å². The molecule has 3 nitrogen and oxygen atoms in total. The van der Waals surface area contributed by atoms with Gasteiger partial charge in [-0.25, -0.2) is 0 Å². The van der Waals surface area contributed by atoms with Crippen LogP contribution >= 0.6 is 0 Å². The molecule has 0 radical (unpaired) electrons. The Morgan fingerprint density at radius 1 is 1.41 bits per heavy atom. The van der Waals surface area contributed by atoms with Gasteiger partial charge in [-0.1, -0.05) is 19.1 Å². The summed E-state index contributed by atoms with van der Waals surface area (Å²) in [7, 11) is 0. The van der Waals surface area contributed by atoms with Gasteiger partial charge >= 0.3 is 0 Å². The van der Waals surface area contributed by atoms with Gasteiger partial charge in [-0.3, -0.25) is 0 Å². The second-order valence-electron chi connectivity index (χ2n) is 4.73. The van der Waals surface area contributed by atoms with Crippen LogP contribution in [0.3, 0.4) is 0 Å². The minimum absolute atomic E-state index is 0.160. The van der Waals surface area contributed by atoms with E-state index in [-0.39, 0.29) is 6.04 Å². The molecule has 0 spiro atoms. The van der Waals surface area contributed by atoms with Crippen molar-refractivity contribution in [2.45, 2.75) is 32.4 Å². The third kappa shape index (κ3) is 2.99. The van der Waals surface area contributed by atoms with E-state index in [9.17, 15) is 0 Å². The van der Waals surface area contributed by atoms with Gasteiger partial charge in [0.2, 0.25) is 0 Å². The van der Waals surface area contributed by atoms with Crippen LogP contribution in [0.5, 0.6) is 0 Å². The fourth-order valence-corrected chi connectivity index (χ4v) is 2.22. The summed E-state index contributed by atoms with van der Waals surface area (Å²) in [5, 5.41) is 0. The van der Waals surface area contributed by atoms with Gasteiger partial charge in [-0.15, -0.1) is 0 Å². The van der Waals surface area contributed by atoms with Crippen molar-refractivity contribution in [3.05, 3.63) is 29.8 Å². The quantitative estimate of drug-likeness (QED) is 0.872. The van der Waals surface area contributed by atoms with Crippen molar-refractivity contribution in [3.8, 4) is 0 Å². The molecule has 17 heavy (non-hydrogen) atoms. The number of hydrogen-bond donors (Lipinski definition) is 1. The molecule has 94 valence electrons. The Kier molecular flexibility index (Phi) is 4.02. The number of benzene rings is 1. The van der Waals surface area contributed by atoms with Crippen LogP contribution in [-0.4, -0.2) is 25.8 Å². The predicted octanol–water partition coefficient (Wildman–Crippen LogP) is 2.32. The van der Waals surface area contributed by atoms with Gasteiger partial charge in [0.15, 0.2) is 0 Å². The highest BCUT2D eigenvalue weighted by Gasteiger charge is 2.16. The molecule has 0 aromatic heterocycles. The molecule has 1 saturated heterocycles. The van der Waals surface area contributed by atoms with E-state index in [4.69, 9.17) is 10.5 Å². The molecular weight excluding hydrogens is 212 g/mol. The summed E-state index contributed by atoms with van der Waals surface area (Å²) in [6.45, 7) is 7.00. The highest BCUT2D eigenvalue weighted by atomic mass is 16.5. The summed E-state index contributed by atoms with van der Waals surface area (Å²) < 4.78 is 5.55. The average Bonchev–Trinajstić information content (AvgIpc) is 2.38. The van der Waals surface area contributed by atoms with E-state index in [0.717, 1.165) is 26.1 Å². The number of rotatable bonds is 3. The average molecular weight is 234 g/mol. The lowest BCUT2D eigenvalue weighted by Crippen LogP contribution is -2.41. The number of ether oxygens (including phenoxy) is 1. The maximum atomic E-state index is 6.01. The maximum Gasteiger partial charge on any atom is 0.0722 e. The van der Waals surface area contributed by atoms with Crippen molar-refractivity contribution in [2.75, 3.05) is 24.6 Å². The minimum atomic E-state index is 0.160. The van der Waals surface area contributed by atoms with Crippen LogP contribution in [0.25, 0.3) is 0 Å². The summed E-state index contributed by atoms with van der Waals surface area (Å²) in [4.78, 5) is 2.37. The molecule has 1 fully saturated rings. The van der Waals surface area contributed by atoms with Gasteiger partial charge in [-0.2, -0.15) is 0 Å². The first-order valence-electron chi connectivity index (χ1n) is 6.42. The van der Waals surface area contributed by atoms with E-state index in [1.807, 2.05) is 0 Å². The molecule has 1 aliphatic heterocycles. The molecule has 0 amide bonds. The normalized spacial score (nSPS) is 22.5. The number of morpholine rings is 1. The zero-order valence-electron chi connectivity index (χ0n) is 10.7. The maximum absolute atomic E-state index is 6.01. The molecule has 1 aromatic carbocycles. The lowest BCUT2D eigenvalue weighted by Gasteiger charge is -2.33. The van der Waals surface area contributed by atoms with E-state index < -0.39 is 0 Å². The van der Waals surface area contributed by atoms with Gasteiger partial charge in [0.1, 0.15) is 0 Å². The number of nitrogens with two attached hydrogens (primary N) is 1. The Morgan fingerprint density at radius 2 is 2.12 bits per heavy atom. The minimum Gasteiger partial charge on any atom is -0.375 e. The van der Waals surface area contributed by atoms with Crippen molar-refractivity contribution in [2.24, 2.45) is 5.73 Å². The molecular formula is C14H22N2O. The Morgan fingerprint density at radius 3 is 2.71 bits per heavy atom. The van der Waals surface area contributed by atoms with Crippen LogP contribution in [-0.2, 0) is 4.74 Å². The zero-order chi connectivity index (χ0) is 12.3. The van der Waals surface area contributed by atoms with Crippen molar-refractivity contribution in [3.63, 3.8) is 0 Å². The number of hydrogen-bond acceptors (Lipinski definition) is 3. The second-order valence-corrected chi connectivity index (χ2v) is 4.73. The van der Waals surface area contributed by atoms with Crippen LogP contribution in [0, 0.1) is 0 Å². The van der Waals surface area contributed by atoms with E-state index in [1.54, 1.807) is 0 Å². The van der Waals surface area contributed by atoms with E-state index >= 15 is 0 Å². The van der Waals surface area contributed by atoms with Gasteiger partial charge in [0.25, 0.3) is 0 Å². The highest BCUT2D eigenvalue weighted by Crippen LogP contribution is 2.21. The molecule has 2 rings (SSSR count). The number of nitrogens with zero attached hydrogens (tertiary/aromatic N) is 1. The fourth-order valence-electron chi connectivity index (χ4n) is 2.22. The van der Waals surface area contributed by atoms with Crippen molar-refractivity contribution in [1.29, 1.82) is 0 Å². The van der Waals surface area contributed by atoms with Gasteiger partial charge < -0.3 is 15.4 Å². The third-order valence-electron chi connectivity index (χ3n) is 3.37. The van der Waals surface area contributed by atoms with Crippen molar-refractivity contribution >= 4 is 5.69 Å². The van der Waals surface area contributed by atoms with Crippen LogP contribution in [0.4, 0.5) is 5.69 Å². The predicted molar refractivity (Wildman–Crippen MR) is 71.3 cm³/mol. The SMILES string of the molecule is CC[C@H](N)c1ccc(N2CCOC(C)C2)cc1. The molecule has 1 aliphatic rings. The molecule has 2 atom stereocenters. The number of anilines is 1. The molecule has 1 aromatic rings. The molecule has 3 heteroatoms. The Labute approximate surface area is 104 Å². The Balaban J connectivity index is 2.06. The van der Waals surface area contributed by atoms with E-state index in [2.05, 4.69) is 43.0 Å². The Hall–Kier alpha value is -1.06. The fraction of sp³-hybridized carbons (Fsp3) is 0.571. The van der Waals surface area contributed by atoms with Crippen LogP contribution in [0.2, 0.25) is 0 Å². The first kappa shape index (κ1) is 12.4. The lowest BCUT2D eigenvalue weighted by atomic mass is 10.0. The van der Waals surface area contributed by atoms with Gasteiger partial charge in [-0.05, 0) is 31.0 Å². The van der Waals surface area contributed by atoms with Gasteiger partial charge in [0.05, 0.1) is 12.7 Å². The van der Waals surface area contributed by atoms with Crippen LogP contribution in [0.15, 0.2) is 24.3 Å². The standard InChI is InChI=1S/C14H22N2O/c1-3-14(15)12-4-6-13(7-5-12)16-8-9-17-11(2)10-16/h4-7,11,14H,3,8-10,15H2,1-2H3/t11?,14-/m0/s1. The molecule has 0 saturated carbocycles. The summed E-state index contributed by atoms with van der Waals surface area (Å²) >= 11 is 0. The van der Waals surface area contributed by atoms with Crippen molar-refractivity contribution in [1.82, 2.24) is 0 Å². The topological polar surface area (TPSA) is 38.5 Å². The molecule has 0 aliphatic carbocycles. The zero-order valence-corrected chi connectivity index (χ0v) is 10.7. The monoisotopic (exact) mass is 234 g/mol. The van der Waals surface area contributed by atoms with Crippen LogP contribution < -0.4 is 10.6 Å². The molecule has 1 heterocycles. The largest absolute Gasteiger partial charge is 0.375 e. The first-order valence-corrected chi connectivity index (χ1v) is 6.42. The third-order valence-corrected chi connectivity index (χ3v) is 3.37. The summed E-state index contributed by atoms with van der Waals surface area (Å²) in [6.07, 6.45) is 1.30. The first-order chi connectivity index (χ1) is 8.20. The summed E-state index contributed by atoms with van der Waals surface area (Å²) in [5.41, 5.74) is 8.50. The second kappa shape index (κ2) is 5.52. The van der Waals surface area contributed by atoms with Crippen molar-refractivity contribution < 1.29 is 4.74 Å². The smallest absolute Gasteiger partial charge is 0.0722 e. The van der Waals surface area contributed by atoms with Crippen LogP contribution in [0.1, 0.15) is 31.9 Å². The summed E-state index contributed by atoms with van der Waals surface area (Å²) in [5.74, 6) is 0. The Bertz CT molecular complexity index is 350. The molecule has 2 N–H and O–H groups in total. The summed E-state index contributed by atoms with van der Waals surface area (Å²) in [6, 6.07) is 8.78.